The molecule has 5 nitrogen and oxygen atoms in total. The first kappa shape index (κ1) is 11.0. The van der Waals surface area contributed by atoms with Gasteiger partial charge >= 0.3 is 0 Å². The molecule has 3 aromatic rings. The summed E-state index contributed by atoms with van der Waals surface area (Å²) in [5, 5.41) is 2.11. The van der Waals surface area contributed by atoms with E-state index in [9.17, 15) is 0 Å². The smallest absolute Gasteiger partial charge is 0.165 e. The van der Waals surface area contributed by atoms with Crippen molar-refractivity contribution < 1.29 is 4.74 Å². The zero-order valence-corrected chi connectivity index (χ0v) is 10.3. The van der Waals surface area contributed by atoms with Crippen molar-refractivity contribution in [1.82, 2.24) is 15.0 Å². The number of nitrogens with two attached hydrogens (primary N) is 1. The van der Waals surface area contributed by atoms with Crippen LogP contribution in [0.5, 0.6) is 5.75 Å². The van der Waals surface area contributed by atoms with Gasteiger partial charge in [0, 0.05) is 5.39 Å². The van der Waals surface area contributed by atoms with Crippen molar-refractivity contribution in [3.63, 3.8) is 0 Å². The van der Waals surface area contributed by atoms with Crippen LogP contribution in [0, 0.1) is 0 Å². The number of anilines is 1. The number of nitrogen functional groups attached to an aromatic ring is 1. The molecule has 0 saturated carbocycles. The van der Waals surface area contributed by atoms with Crippen LogP contribution in [0.3, 0.4) is 0 Å². The lowest BCUT2D eigenvalue weighted by Crippen LogP contribution is -1.95. The van der Waals surface area contributed by atoms with Gasteiger partial charge < -0.3 is 10.5 Å². The molecule has 2 heterocycles. The minimum absolute atomic E-state index is 0.406. The summed E-state index contributed by atoms with van der Waals surface area (Å²) < 4.78 is 5.17. The molecule has 0 bridgehead atoms. The maximum atomic E-state index is 6.06. The third-order valence-electron chi connectivity index (χ3n) is 2.72. The number of rotatable bonds is 1. The monoisotopic (exact) mass is 260 g/mol. The van der Waals surface area contributed by atoms with Crippen LogP contribution < -0.4 is 10.5 Å². The second-order valence-corrected chi connectivity index (χ2v) is 4.21. The molecule has 18 heavy (non-hydrogen) atoms. The molecule has 0 fully saturated rings. The van der Waals surface area contributed by atoms with Crippen LogP contribution in [-0.2, 0) is 0 Å². The van der Waals surface area contributed by atoms with Gasteiger partial charge in [-0.05, 0) is 18.2 Å². The van der Waals surface area contributed by atoms with E-state index in [2.05, 4.69) is 15.0 Å². The molecule has 3 rings (SSSR count). The maximum absolute atomic E-state index is 6.06. The molecule has 0 saturated heterocycles. The highest BCUT2D eigenvalue weighted by atomic mass is 35.5. The van der Waals surface area contributed by atoms with Crippen LogP contribution in [0.15, 0.2) is 24.5 Å². The number of methoxy groups -OCH3 is 1. The van der Waals surface area contributed by atoms with Crippen molar-refractivity contribution in [3.05, 3.63) is 29.5 Å². The molecule has 0 radical (unpaired) electrons. The third kappa shape index (κ3) is 1.60. The third-order valence-corrected chi connectivity index (χ3v) is 3.02. The number of pyridine rings is 1. The van der Waals surface area contributed by atoms with E-state index in [1.54, 1.807) is 13.2 Å². The first-order chi connectivity index (χ1) is 8.69. The Hall–Kier alpha value is -2.14. The Morgan fingerprint density at radius 1 is 1.22 bits per heavy atom. The van der Waals surface area contributed by atoms with Crippen molar-refractivity contribution in [2.75, 3.05) is 12.8 Å². The van der Waals surface area contributed by atoms with E-state index in [0.717, 1.165) is 16.3 Å². The number of fused-ring (bicyclic) bond motifs is 2. The summed E-state index contributed by atoms with van der Waals surface area (Å²) in [5.74, 6) is 1.00. The van der Waals surface area contributed by atoms with Gasteiger partial charge in [0.1, 0.15) is 17.9 Å². The van der Waals surface area contributed by atoms with Crippen LogP contribution in [0.4, 0.5) is 5.82 Å². The van der Waals surface area contributed by atoms with Crippen LogP contribution in [0.1, 0.15) is 0 Å². The molecule has 0 amide bonds. The molecule has 2 N–H and O–H groups in total. The summed E-state index contributed by atoms with van der Waals surface area (Å²) in [6.45, 7) is 0. The lowest BCUT2D eigenvalue weighted by atomic mass is 10.1. The van der Waals surface area contributed by atoms with Crippen molar-refractivity contribution >= 4 is 39.4 Å². The number of hydrogen-bond acceptors (Lipinski definition) is 5. The molecule has 0 aliphatic heterocycles. The molecular weight excluding hydrogens is 252 g/mol. The summed E-state index contributed by atoms with van der Waals surface area (Å²) >= 11 is 6.06. The summed E-state index contributed by atoms with van der Waals surface area (Å²) in [4.78, 5) is 12.4. The standard InChI is InChI=1S/C12H9ClN4O/c1-18-10-3-6-2-7-11(14)15-5-16-12(7)17-9(6)4-8(10)13/h2-5H,1H3,(H2,14,15,16,17). The largest absolute Gasteiger partial charge is 0.495 e. The zero-order valence-electron chi connectivity index (χ0n) is 9.51. The molecular formula is C12H9ClN4O. The number of nitrogens with zero attached hydrogens (tertiary/aromatic N) is 3. The highest BCUT2D eigenvalue weighted by molar-refractivity contribution is 6.32. The molecule has 0 aliphatic carbocycles. The second kappa shape index (κ2) is 3.96. The predicted octanol–water partition coefficient (Wildman–Crippen LogP) is 2.42. The molecule has 0 spiro atoms. The number of ether oxygens (including phenoxy) is 1. The Morgan fingerprint density at radius 2 is 2.06 bits per heavy atom. The topological polar surface area (TPSA) is 73.9 Å². The number of aromatic nitrogens is 3. The fraction of sp³-hybridized carbons (Fsp3) is 0.0833. The number of benzene rings is 1. The van der Waals surface area contributed by atoms with Crippen molar-refractivity contribution in [2.45, 2.75) is 0 Å². The minimum Gasteiger partial charge on any atom is -0.495 e. The molecule has 2 aromatic heterocycles. The minimum atomic E-state index is 0.406. The van der Waals surface area contributed by atoms with Gasteiger partial charge in [-0.25, -0.2) is 15.0 Å². The van der Waals surface area contributed by atoms with Crippen LogP contribution in [0.25, 0.3) is 21.9 Å². The first-order valence-corrected chi connectivity index (χ1v) is 5.61. The Kier molecular flexibility index (Phi) is 2.41. The van der Waals surface area contributed by atoms with E-state index < -0.39 is 0 Å². The fourth-order valence-corrected chi connectivity index (χ4v) is 2.06. The van der Waals surface area contributed by atoms with Crippen LogP contribution in [-0.4, -0.2) is 22.1 Å². The molecule has 90 valence electrons. The average molecular weight is 261 g/mol. The number of hydrogen-bond donors (Lipinski definition) is 1. The summed E-state index contributed by atoms with van der Waals surface area (Å²) in [6, 6.07) is 5.44. The van der Waals surface area contributed by atoms with Crippen LogP contribution >= 0.6 is 11.6 Å². The van der Waals surface area contributed by atoms with Gasteiger partial charge in [0.2, 0.25) is 0 Å². The molecule has 0 unspecified atom stereocenters. The van der Waals surface area contributed by atoms with E-state index in [-0.39, 0.29) is 0 Å². The van der Waals surface area contributed by atoms with Gasteiger partial charge in [0.15, 0.2) is 5.65 Å². The quantitative estimate of drug-likeness (QED) is 0.680. The van der Waals surface area contributed by atoms with E-state index in [1.165, 1.54) is 6.33 Å². The Balaban J connectivity index is 2.42. The van der Waals surface area contributed by atoms with Gasteiger partial charge in [0.25, 0.3) is 0 Å². The summed E-state index contributed by atoms with van der Waals surface area (Å²) in [6.07, 6.45) is 1.39. The van der Waals surface area contributed by atoms with Crippen molar-refractivity contribution in [3.8, 4) is 5.75 Å². The zero-order chi connectivity index (χ0) is 12.7. The molecule has 1 aromatic carbocycles. The van der Waals surface area contributed by atoms with Gasteiger partial charge in [-0.2, -0.15) is 0 Å². The molecule has 0 aliphatic rings. The second-order valence-electron chi connectivity index (χ2n) is 3.80. The van der Waals surface area contributed by atoms with Gasteiger partial charge in [-0.1, -0.05) is 11.6 Å². The van der Waals surface area contributed by atoms with Gasteiger partial charge in [-0.3, -0.25) is 0 Å². The van der Waals surface area contributed by atoms with Gasteiger partial charge in [-0.15, -0.1) is 0 Å². The molecule has 6 heteroatoms. The maximum Gasteiger partial charge on any atom is 0.165 e. The highest BCUT2D eigenvalue weighted by Gasteiger charge is 2.08. The van der Waals surface area contributed by atoms with Crippen molar-refractivity contribution in [1.29, 1.82) is 0 Å². The predicted molar refractivity (Wildman–Crippen MR) is 70.8 cm³/mol. The highest BCUT2D eigenvalue weighted by Crippen LogP contribution is 2.31. The Morgan fingerprint density at radius 3 is 2.83 bits per heavy atom. The Bertz CT molecular complexity index is 760. The number of halogens is 1. The van der Waals surface area contributed by atoms with E-state index in [0.29, 0.717) is 22.2 Å². The lowest BCUT2D eigenvalue weighted by molar-refractivity contribution is 0.415. The van der Waals surface area contributed by atoms with Gasteiger partial charge in [0.05, 0.1) is 23.0 Å². The summed E-state index contributed by atoms with van der Waals surface area (Å²) in [7, 11) is 1.57. The normalized spacial score (nSPS) is 11.0. The SMILES string of the molecule is COc1cc2cc3c(N)ncnc3nc2cc1Cl. The van der Waals surface area contributed by atoms with Crippen LogP contribution in [0.2, 0.25) is 5.02 Å². The van der Waals surface area contributed by atoms with E-state index >= 15 is 0 Å². The van der Waals surface area contributed by atoms with E-state index in [4.69, 9.17) is 22.1 Å². The average Bonchev–Trinajstić information content (AvgIpc) is 2.36. The fourth-order valence-electron chi connectivity index (χ4n) is 1.82. The lowest BCUT2D eigenvalue weighted by Gasteiger charge is -2.06. The molecule has 0 atom stereocenters. The Labute approximate surface area is 108 Å². The summed E-state index contributed by atoms with van der Waals surface area (Å²) in [5.41, 5.74) is 7.09. The van der Waals surface area contributed by atoms with Crippen molar-refractivity contribution in [2.24, 2.45) is 0 Å². The van der Waals surface area contributed by atoms with E-state index in [1.807, 2.05) is 12.1 Å². The first-order valence-electron chi connectivity index (χ1n) is 5.23.